The molecule has 19 heavy (non-hydrogen) atoms. The Morgan fingerprint density at radius 1 is 1.42 bits per heavy atom. The number of likely N-dealkylation sites (tertiary alicyclic amines) is 1. The third-order valence-electron chi connectivity index (χ3n) is 4.23. The Labute approximate surface area is 116 Å². The first kappa shape index (κ1) is 14.5. The highest BCUT2D eigenvalue weighted by atomic mass is 15.3. The van der Waals surface area contributed by atoms with E-state index in [-0.39, 0.29) is 0 Å². The van der Waals surface area contributed by atoms with E-state index < -0.39 is 0 Å². The summed E-state index contributed by atoms with van der Waals surface area (Å²) in [7, 11) is 1.96. The van der Waals surface area contributed by atoms with Crippen molar-refractivity contribution < 1.29 is 0 Å². The van der Waals surface area contributed by atoms with E-state index in [2.05, 4.69) is 34.1 Å². The van der Waals surface area contributed by atoms with E-state index in [1.807, 2.05) is 11.7 Å². The zero-order valence-electron chi connectivity index (χ0n) is 12.5. The van der Waals surface area contributed by atoms with Gasteiger partial charge in [0.15, 0.2) is 0 Å². The summed E-state index contributed by atoms with van der Waals surface area (Å²) in [6.45, 7) is 8.98. The van der Waals surface area contributed by atoms with Crippen molar-refractivity contribution >= 4 is 0 Å². The summed E-state index contributed by atoms with van der Waals surface area (Å²) in [4.78, 5) is 6.80. The molecule has 5 heteroatoms. The molecule has 5 nitrogen and oxygen atoms in total. The predicted octanol–water partition coefficient (Wildman–Crippen LogP) is 1.42. The average molecular weight is 265 g/mol. The number of aromatic nitrogens is 3. The number of piperidine rings is 1. The second-order valence-corrected chi connectivity index (χ2v) is 5.66. The Balaban J connectivity index is 1.74. The Bertz CT molecular complexity index is 368. The maximum Gasteiger partial charge on any atom is 0.140 e. The molecule has 0 radical (unpaired) electrons. The van der Waals surface area contributed by atoms with Gasteiger partial charge in [-0.05, 0) is 51.7 Å². The standard InChI is InChI=1S/C14H27N5/c1-4-7-15-12(2)13-5-8-19(9-6-13)10-14-16-11-17-18(14)3/h11-13,15H,4-10H2,1-3H3. The summed E-state index contributed by atoms with van der Waals surface area (Å²) in [5, 5.41) is 7.75. The normalized spacial score (nSPS) is 19.7. The molecule has 1 atom stereocenters. The smallest absolute Gasteiger partial charge is 0.140 e. The number of nitrogens with zero attached hydrogens (tertiary/aromatic N) is 4. The lowest BCUT2D eigenvalue weighted by Gasteiger charge is -2.34. The molecule has 1 aromatic heterocycles. The summed E-state index contributed by atoms with van der Waals surface area (Å²) >= 11 is 0. The highest BCUT2D eigenvalue weighted by Gasteiger charge is 2.24. The zero-order valence-corrected chi connectivity index (χ0v) is 12.5. The second kappa shape index (κ2) is 7.01. The van der Waals surface area contributed by atoms with Crippen LogP contribution < -0.4 is 5.32 Å². The molecule has 1 aliphatic heterocycles. The van der Waals surface area contributed by atoms with Gasteiger partial charge in [0, 0.05) is 13.1 Å². The molecular formula is C14H27N5. The van der Waals surface area contributed by atoms with Gasteiger partial charge in [0.1, 0.15) is 12.2 Å². The molecule has 1 fully saturated rings. The molecule has 0 aliphatic carbocycles. The molecule has 0 bridgehead atoms. The fourth-order valence-corrected chi connectivity index (χ4v) is 2.81. The molecule has 2 heterocycles. The molecule has 1 aliphatic rings. The fourth-order valence-electron chi connectivity index (χ4n) is 2.81. The van der Waals surface area contributed by atoms with Crippen LogP contribution in [0, 0.1) is 5.92 Å². The summed E-state index contributed by atoms with van der Waals surface area (Å²) in [5.74, 6) is 1.89. The molecule has 1 N–H and O–H groups in total. The van der Waals surface area contributed by atoms with Gasteiger partial charge in [-0.1, -0.05) is 6.92 Å². The van der Waals surface area contributed by atoms with Crippen LogP contribution in [0.25, 0.3) is 0 Å². The van der Waals surface area contributed by atoms with Gasteiger partial charge < -0.3 is 5.32 Å². The number of rotatable bonds is 6. The van der Waals surface area contributed by atoms with Crippen molar-refractivity contribution in [3.8, 4) is 0 Å². The minimum atomic E-state index is 0.650. The van der Waals surface area contributed by atoms with Gasteiger partial charge in [-0.2, -0.15) is 5.10 Å². The highest BCUT2D eigenvalue weighted by Crippen LogP contribution is 2.21. The number of hydrogen-bond donors (Lipinski definition) is 1. The minimum absolute atomic E-state index is 0.650. The van der Waals surface area contributed by atoms with Crippen molar-refractivity contribution in [1.29, 1.82) is 0 Å². The summed E-state index contributed by atoms with van der Waals surface area (Å²) in [6, 6.07) is 0.650. The lowest BCUT2D eigenvalue weighted by molar-refractivity contribution is 0.152. The third kappa shape index (κ3) is 4.01. The van der Waals surface area contributed by atoms with E-state index in [1.165, 1.54) is 32.4 Å². The van der Waals surface area contributed by atoms with Crippen LogP contribution in [0.2, 0.25) is 0 Å². The molecule has 0 amide bonds. The van der Waals surface area contributed by atoms with E-state index in [0.717, 1.165) is 24.8 Å². The van der Waals surface area contributed by atoms with Crippen molar-refractivity contribution in [2.75, 3.05) is 19.6 Å². The van der Waals surface area contributed by atoms with Gasteiger partial charge in [0.2, 0.25) is 0 Å². The topological polar surface area (TPSA) is 46.0 Å². The van der Waals surface area contributed by atoms with Crippen LogP contribution in [-0.2, 0) is 13.6 Å². The van der Waals surface area contributed by atoms with Gasteiger partial charge in [-0.3, -0.25) is 9.58 Å². The molecule has 0 aromatic carbocycles. The molecule has 2 rings (SSSR count). The van der Waals surface area contributed by atoms with E-state index >= 15 is 0 Å². The zero-order chi connectivity index (χ0) is 13.7. The van der Waals surface area contributed by atoms with Crippen LogP contribution in [0.1, 0.15) is 38.9 Å². The number of hydrogen-bond acceptors (Lipinski definition) is 4. The lowest BCUT2D eigenvalue weighted by atomic mass is 9.90. The van der Waals surface area contributed by atoms with Crippen molar-refractivity contribution in [1.82, 2.24) is 25.0 Å². The summed E-state index contributed by atoms with van der Waals surface area (Å²) in [6.07, 6.45) is 5.43. The van der Waals surface area contributed by atoms with Gasteiger partial charge in [-0.25, -0.2) is 4.98 Å². The summed E-state index contributed by atoms with van der Waals surface area (Å²) in [5.41, 5.74) is 0. The van der Waals surface area contributed by atoms with E-state index in [0.29, 0.717) is 6.04 Å². The highest BCUT2D eigenvalue weighted by molar-refractivity contribution is 4.86. The quantitative estimate of drug-likeness (QED) is 0.845. The first-order valence-electron chi connectivity index (χ1n) is 7.49. The maximum absolute atomic E-state index is 4.30. The molecule has 1 aromatic rings. The van der Waals surface area contributed by atoms with Crippen molar-refractivity contribution in [3.05, 3.63) is 12.2 Å². The van der Waals surface area contributed by atoms with Gasteiger partial charge >= 0.3 is 0 Å². The van der Waals surface area contributed by atoms with Crippen LogP contribution in [0.5, 0.6) is 0 Å². The molecule has 1 unspecified atom stereocenters. The Hall–Kier alpha value is -0.940. The van der Waals surface area contributed by atoms with Crippen LogP contribution in [-0.4, -0.2) is 45.3 Å². The molecule has 108 valence electrons. The first-order chi connectivity index (χ1) is 9.20. The largest absolute Gasteiger partial charge is 0.314 e. The second-order valence-electron chi connectivity index (χ2n) is 5.66. The Morgan fingerprint density at radius 2 is 2.16 bits per heavy atom. The molecule has 0 spiro atoms. The molecular weight excluding hydrogens is 238 g/mol. The van der Waals surface area contributed by atoms with Crippen molar-refractivity contribution in [2.45, 2.75) is 45.7 Å². The van der Waals surface area contributed by atoms with Crippen molar-refractivity contribution in [2.24, 2.45) is 13.0 Å². The predicted molar refractivity (Wildman–Crippen MR) is 76.8 cm³/mol. The average Bonchev–Trinajstić information content (AvgIpc) is 2.82. The van der Waals surface area contributed by atoms with Crippen LogP contribution in [0.15, 0.2) is 6.33 Å². The maximum atomic E-state index is 4.30. The van der Waals surface area contributed by atoms with Crippen LogP contribution in [0.3, 0.4) is 0 Å². The van der Waals surface area contributed by atoms with Crippen molar-refractivity contribution in [3.63, 3.8) is 0 Å². The SMILES string of the molecule is CCCNC(C)C1CCN(Cc2ncnn2C)CC1. The first-order valence-corrected chi connectivity index (χ1v) is 7.49. The molecule has 1 saturated heterocycles. The monoisotopic (exact) mass is 265 g/mol. The number of aryl methyl sites for hydroxylation is 1. The van der Waals surface area contributed by atoms with E-state index in [9.17, 15) is 0 Å². The lowest BCUT2D eigenvalue weighted by Crippen LogP contribution is -2.42. The van der Waals surface area contributed by atoms with E-state index in [4.69, 9.17) is 0 Å². The van der Waals surface area contributed by atoms with Crippen LogP contribution in [0.4, 0.5) is 0 Å². The van der Waals surface area contributed by atoms with Gasteiger partial charge in [0.05, 0.1) is 6.54 Å². The Kier molecular flexibility index (Phi) is 5.34. The Morgan fingerprint density at radius 3 is 2.74 bits per heavy atom. The summed E-state index contributed by atoms with van der Waals surface area (Å²) < 4.78 is 1.87. The van der Waals surface area contributed by atoms with E-state index in [1.54, 1.807) is 6.33 Å². The van der Waals surface area contributed by atoms with Gasteiger partial charge in [0.25, 0.3) is 0 Å². The van der Waals surface area contributed by atoms with Crippen LogP contribution >= 0.6 is 0 Å². The third-order valence-corrected chi connectivity index (χ3v) is 4.23. The number of nitrogens with one attached hydrogen (secondary N) is 1. The van der Waals surface area contributed by atoms with Gasteiger partial charge in [-0.15, -0.1) is 0 Å². The fraction of sp³-hybridized carbons (Fsp3) is 0.857. The molecule has 0 saturated carbocycles. The minimum Gasteiger partial charge on any atom is -0.314 e.